The molecular formula is C15H24ClN3O. The molecule has 1 aromatic rings. The SMILES string of the molecule is CCN(CCNC(=O)NCc1ccccc1Cl)C(C)C. The molecule has 0 unspecified atom stereocenters. The lowest BCUT2D eigenvalue weighted by molar-refractivity contribution is 0.222. The minimum atomic E-state index is -0.162. The van der Waals surface area contributed by atoms with Gasteiger partial charge in [0.25, 0.3) is 0 Å². The molecule has 0 atom stereocenters. The third-order valence-corrected chi connectivity index (χ3v) is 3.59. The van der Waals surface area contributed by atoms with E-state index in [0.717, 1.165) is 18.7 Å². The van der Waals surface area contributed by atoms with E-state index in [-0.39, 0.29) is 6.03 Å². The van der Waals surface area contributed by atoms with Crippen molar-refractivity contribution in [1.29, 1.82) is 0 Å². The summed E-state index contributed by atoms with van der Waals surface area (Å²) >= 11 is 6.03. The number of nitrogens with one attached hydrogen (secondary N) is 2. The van der Waals surface area contributed by atoms with E-state index in [1.807, 2.05) is 24.3 Å². The lowest BCUT2D eigenvalue weighted by Gasteiger charge is -2.24. The molecule has 2 N–H and O–H groups in total. The van der Waals surface area contributed by atoms with Crippen molar-refractivity contribution in [2.45, 2.75) is 33.4 Å². The highest BCUT2D eigenvalue weighted by Crippen LogP contribution is 2.13. The molecular weight excluding hydrogens is 274 g/mol. The van der Waals surface area contributed by atoms with Crippen LogP contribution in [0.25, 0.3) is 0 Å². The van der Waals surface area contributed by atoms with Crippen LogP contribution in [0, 0.1) is 0 Å². The maximum atomic E-state index is 11.7. The molecule has 0 aliphatic rings. The summed E-state index contributed by atoms with van der Waals surface area (Å²) in [5, 5.41) is 6.34. The number of amides is 2. The topological polar surface area (TPSA) is 44.4 Å². The number of urea groups is 1. The molecule has 2 amide bonds. The molecule has 0 radical (unpaired) electrons. The van der Waals surface area contributed by atoms with Crippen LogP contribution in [0.1, 0.15) is 26.3 Å². The van der Waals surface area contributed by atoms with Gasteiger partial charge in [0.05, 0.1) is 0 Å². The van der Waals surface area contributed by atoms with Crippen LogP contribution in [0.15, 0.2) is 24.3 Å². The van der Waals surface area contributed by atoms with E-state index in [1.54, 1.807) is 0 Å². The summed E-state index contributed by atoms with van der Waals surface area (Å²) in [6.45, 7) is 9.35. The molecule has 112 valence electrons. The van der Waals surface area contributed by atoms with Crippen LogP contribution in [0.5, 0.6) is 0 Å². The van der Waals surface area contributed by atoms with E-state index in [1.165, 1.54) is 0 Å². The number of rotatable bonds is 7. The van der Waals surface area contributed by atoms with Gasteiger partial charge in [0.15, 0.2) is 0 Å². The van der Waals surface area contributed by atoms with Crippen LogP contribution in [0.2, 0.25) is 5.02 Å². The van der Waals surface area contributed by atoms with Gasteiger partial charge in [0.2, 0.25) is 0 Å². The van der Waals surface area contributed by atoms with E-state index in [9.17, 15) is 4.79 Å². The third-order valence-electron chi connectivity index (χ3n) is 3.22. The predicted octanol–water partition coefficient (Wildman–Crippen LogP) is 2.87. The zero-order valence-electron chi connectivity index (χ0n) is 12.4. The van der Waals surface area contributed by atoms with E-state index >= 15 is 0 Å². The second kappa shape index (κ2) is 8.82. The quantitative estimate of drug-likeness (QED) is 0.813. The van der Waals surface area contributed by atoms with Gasteiger partial charge in [-0.15, -0.1) is 0 Å². The Morgan fingerprint density at radius 2 is 2.00 bits per heavy atom. The molecule has 0 saturated heterocycles. The largest absolute Gasteiger partial charge is 0.337 e. The molecule has 0 bridgehead atoms. The Morgan fingerprint density at radius 1 is 1.30 bits per heavy atom. The van der Waals surface area contributed by atoms with Crippen LogP contribution in [-0.4, -0.2) is 36.6 Å². The first-order chi connectivity index (χ1) is 9.54. The number of carbonyl (C=O) groups is 1. The van der Waals surface area contributed by atoms with Crippen molar-refractivity contribution in [3.63, 3.8) is 0 Å². The van der Waals surface area contributed by atoms with Gasteiger partial charge in [-0.25, -0.2) is 4.79 Å². The fourth-order valence-electron chi connectivity index (χ4n) is 1.97. The van der Waals surface area contributed by atoms with Gasteiger partial charge in [0.1, 0.15) is 0 Å². The molecule has 0 aliphatic heterocycles. The van der Waals surface area contributed by atoms with Crippen molar-refractivity contribution in [2.75, 3.05) is 19.6 Å². The monoisotopic (exact) mass is 297 g/mol. The lowest BCUT2D eigenvalue weighted by Crippen LogP contribution is -2.41. The van der Waals surface area contributed by atoms with Crippen molar-refractivity contribution in [2.24, 2.45) is 0 Å². The Bertz CT molecular complexity index is 423. The summed E-state index contributed by atoms with van der Waals surface area (Å²) in [4.78, 5) is 14.0. The minimum Gasteiger partial charge on any atom is -0.337 e. The summed E-state index contributed by atoms with van der Waals surface area (Å²) in [6.07, 6.45) is 0. The maximum Gasteiger partial charge on any atom is 0.315 e. The molecule has 0 fully saturated rings. The molecule has 1 rings (SSSR count). The van der Waals surface area contributed by atoms with E-state index in [2.05, 4.69) is 36.3 Å². The Kier molecular flexibility index (Phi) is 7.41. The van der Waals surface area contributed by atoms with E-state index in [4.69, 9.17) is 11.6 Å². The number of hydrogen-bond donors (Lipinski definition) is 2. The summed E-state index contributed by atoms with van der Waals surface area (Å²) in [7, 11) is 0. The fraction of sp³-hybridized carbons (Fsp3) is 0.533. The first kappa shape index (κ1) is 16.8. The van der Waals surface area contributed by atoms with Crippen molar-refractivity contribution in [3.05, 3.63) is 34.9 Å². The Hall–Kier alpha value is -1.26. The zero-order valence-corrected chi connectivity index (χ0v) is 13.2. The van der Waals surface area contributed by atoms with Gasteiger partial charge in [-0.3, -0.25) is 4.90 Å². The molecule has 0 spiro atoms. The molecule has 0 aromatic heterocycles. The highest BCUT2D eigenvalue weighted by Gasteiger charge is 2.07. The Morgan fingerprint density at radius 3 is 2.60 bits per heavy atom. The van der Waals surface area contributed by atoms with Crippen molar-refractivity contribution in [1.82, 2.24) is 15.5 Å². The first-order valence-corrected chi connectivity index (χ1v) is 7.41. The summed E-state index contributed by atoms with van der Waals surface area (Å²) in [5.41, 5.74) is 0.918. The number of nitrogens with zero attached hydrogens (tertiary/aromatic N) is 1. The van der Waals surface area contributed by atoms with Crippen LogP contribution >= 0.6 is 11.6 Å². The third kappa shape index (κ3) is 5.80. The molecule has 5 heteroatoms. The Labute approximate surface area is 126 Å². The average molecular weight is 298 g/mol. The van der Waals surface area contributed by atoms with Crippen LogP contribution in [0.3, 0.4) is 0 Å². The second-order valence-electron chi connectivity index (χ2n) is 4.92. The van der Waals surface area contributed by atoms with Crippen molar-refractivity contribution < 1.29 is 4.79 Å². The normalized spacial score (nSPS) is 10.9. The van der Waals surface area contributed by atoms with Crippen molar-refractivity contribution >= 4 is 17.6 Å². The van der Waals surface area contributed by atoms with Gasteiger partial charge < -0.3 is 10.6 Å². The summed E-state index contributed by atoms with van der Waals surface area (Å²) in [6, 6.07) is 7.83. The second-order valence-corrected chi connectivity index (χ2v) is 5.33. The van der Waals surface area contributed by atoms with E-state index < -0.39 is 0 Å². The Balaban J connectivity index is 2.26. The minimum absolute atomic E-state index is 0.162. The van der Waals surface area contributed by atoms with Gasteiger partial charge >= 0.3 is 6.03 Å². The molecule has 0 heterocycles. The van der Waals surface area contributed by atoms with Crippen LogP contribution < -0.4 is 10.6 Å². The predicted molar refractivity (Wildman–Crippen MR) is 84.1 cm³/mol. The summed E-state index contributed by atoms with van der Waals surface area (Å²) < 4.78 is 0. The number of halogens is 1. The number of benzene rings is 1. The highest BCUT2D eigenvalue weighted by molar-refractivity contribution is 6.31. The number of carbonyl (C=O) groups excluding carboxylic acids is 1. The smallest absolute Gasteiger partial charge is 0.315 e. The molecule has 0 aliphatic carbocycles. The molecule has 20 heavy (non-hydrogen) atoms. The molecule has 1 aromatic carbocycles. The number of likely N-dealkylation sites (N-methyl/N-ethyl adjacent to an activating group) is 1. The average Bonchev–Trinajstić information content (AvgIpc) is 2.42. The maximum absolute atomic E-state index is 11.7. The number of hydrogen-bond acceptors (Lipinski definition) is 2. The summed E-state index contributed by atoms with van der Waals surface area (Å²) in [5.74, 6) is 0. The van der Waals surface area contributed by atoms with Gasteiger partial charge in [-0.2, -0.15) is 0 Å². The van der Waals surface area contributed by atoms with Crippen LogP contribution in [0.4, 0.5) is 4.79 Å². The molecule has 0 saturated carbocycles. The van der Waals surface area contributed by atoms with Crippen molar-refractivity contribution in [3.8, 4) is 0 Å². The van der Waals surface area contributed by atoms with Crippen LogP contribution in [-0.2, 0) is 6.54 Å². The fourth-order valence-corrected chi connectivity index (χ4v) is 2.18. The highest BCUT2D eigenvalue weighted by atomic mass is 35.5. The first-order valence-electron chi connectivity index (χ1n) is 7.03. The zero-order chi connectivity index (χ0) is 15.0. The standard InChI is InChI=1S/C15H24ClN3O/c1-4-19(12(2)3)10-9-17-15(20)18-11-13-7-5-6-8-14(13)16/h5-8,12H,4,9-11H2,1-3H3,(H2,17,18,20). The molecule has 4 nitrogen and oxygen atoms in total. The van der Waals surface area contributed by atoms with Gasteiger partial charge in [-0.05, 0) is 32.0 Å². The van der Waals surface area contributed by atoms with Gasteiger partial charge in [0, 0.05) is 30.7 Å². The lowest BCUT2D eigenvalue weighted by atomic mass is 10.2. The van der Waals surface area contributed by atoms with Gasteiger partial charge in [-0.1, -0.05) is 36.7 Å². The van der Waals surface area contributed by atoms with E-state index in [0.29, 0.717) is 24.2 Å².